The number of thiazole rings is 1. The number of hydrogen-bond acceptors (Lipinski definition) is 6. The normalized spacial score (nSPS) is 10.9. The van der Waals surface area contributed by atoms with Crippen molar-refractivity contribution in [1.82, 2.24) is 9.97 Å². The number of aryl methyl sites for hydroxylation is 1. The van der Waals surface area contributed by atoms with Crippen LogP contribution in [0.1, 0.15) is 17.7 Å². The molecule has 0 radical (unpaired) electrons. The van der Waals surface area contributed by atoms with E-state index in [0.717, 1.165) is 26.4 Å². The third-order valence-electron chi connectivity index (χ3n) is 4.82. The zero-order valence-electron chi connectivity index (χ0n) is 17.4. The molecule has 0 aliphatic carbocycles. The van der Waals surface area contributed by atoms with Crippen LogP contribution in [0.15, 0.2) is 71.8 Å². The minimum absolute atomic E-state index is 0.0322. The van der Waals surface area contributed by atoms with Crippen molar-refractivity contribution in [2.24, 2.45) is 0 Å². The van der Waals surface area contributed by atoms with Crippen molar-refractivity contribution >= 4 is 44.4 Å². The monoisotopic (exact) mass is 449 g/mol. The van der Waals surface area contributed by atoms with Crippen molar-refractivity contribution in [3.8, 4) is 5.75 Å². The fourth-order valence-electron chi connectivity index (χ4n) is 3.20. The van der Waals surface area contributed by atoms with Crippen molar-refractivity contribution in [2.75, 3.05) is 17.8 Å². The molecule has 4 rings (SSSR count). The first-order chi connectivity index (χ1) is 15.2. The maximum atomic E-state index is 13.3. The van der Waals surface area contributed by atoms with Crippen LogP contribution in [0.3, 0.4) is 0 Å². The van der Waals surface area contributed by atoms with Crippen LogP contribution in [0, 0.1) is 6.92 Å². The molecule has 0 atom stereocenters. The van der Waals surface area contributed by atoms with Gasteiger partial charge in [-0.3, -0.25) is 14.7 Å². The Hall–Kier alpha value is -2.90. The molecule has 7 heteroatoms. The largest absolute Gasteiger partial charge is 0.494 e. The maximum absolute atomic E-state index is 13.3. The Kier molecular flexibility index (Phi) is 6.84. The van der Waals surface area contributed by atoms with E-state index < -0.39 is 0 Å². The number of fused-ring (bicyclic) bond motifs is 1. The van der Waals surface area contributed by atoms with E-state index in [1.807, 2.05) is 55.5 Å². The molecule has 4 aromatic rings. The number of pyridine rings is 1. The van der Waals surface area contributed by atoms with E-state index in [-0.39, 0.29) is 5.91 Å². The molecule has 5 nitrogen and oxygen atoms in total. The van der Waals surface area contributed by atoms with Gasteiger partial charge in [-0.05, 0) is 42.8 Å². The van der Waals surface area contributed by atoms with Crippen molar-refractivity contribution in [3.63, 3.8) is 0 Å². The predicted octanol–water partition coefficient (Wildman–Crippen LogP) is 5.72. The lowest BCUT2D eigenvalue weighted by Crippen LogP contribution is -2.30. The minimum atomic E-state index is 0.0322. The standard InChI is InChI=1S/C24H23N3O2S2/c1-17-11-12-20(29-2)22-23(17)31-24(26-22)27(16-18-8-6-7-14-25-18)21(28)13-15-30-19-9-4-3-5-10-19/h3-12,14H,13,15-16H2,1-2H3. The number of hydrogen-bond donors (Lipinski definition) is 0. The summed E-state index contributed by atoms with van der Waals surface area (Å²) >= 11 is 3.20. The van der Waals surface area contributed by atoms with Crippen LogP contribution >= 0.6 is 23.1 Å². The minimum Gasteiger partial charge on any atom is -0.494 e. The summed E-state index contributed by atoms with van der Waals surface area (Å²) in [5, 5.41) is 0.669. The number of carbonyl (C=O) groups is 1. The SMILES string of the molecule is COc1ccc(C)c2sc(N(Cc3ccccn3)C(=O)CCSc3ccccc3)nc12. The summed E-state index contributed by atoms with van der Waals surface area (Å²) in [5.74, 6) is 1.45. The van der Waals surface area contributed by atoms with Gasteiger partial charge in [-0.1, -0.05) is 41.7 Å². The second-order valence-corrected chi connectivity index (χ2v) is 9.12. The quantitative estimate of drug-likeness (QED) is 0.322. The summed E-state index contributed by atoms with van der Waals surface area (Å²) in [4.78, 5) is 25.4. The fourth-order valence-corrected chi connectivity index (χ4v) is 5.13. The van der Waals surface area contributed by atoms with E-state index in [1.165, 1.54) is 11.3 Å². The second kappa shape index (κ2) is 9.94. The molecule has 0 fully saturated rings. The lowest BCUT2D eigenvalue weighted by molar-refractivity contribution is -0.118. The van der Waals surface area contributed by atoms with Crippen LogP contribution in [0.4, 0.5) is 5.13 Å². The first kappa shape index (κ1) is 21.3. The molecule has 2 heterocycles. The summed E-state index contributed by atoms with van der Waals surface area (Å²) in [5.41, 5.74) is 2.74. The topological polar surface area (TPSA) is 55.3 Å². The van der Waals surface area contributed by atoms with Crippen LogP contribution in [0.25, 0.3) is 10.2 Å². The fraction of sp³-hybridized carbons (Fsp3) is 0.208. The number of ether oxygens (including phenoxy) is 1. The molecule has 0 aliphatic rings. The molecular weight excluding hydrogens is 426 g/mol. The van der Waals surface area contributed by atoms with E-state index in [0.29, 0.717) is 29.6 Å². The molecule has 0 N–H and O–H groups in total. The summed E-state index contributed by atoms with van der Waals surface area (Å²) in [6, 6.07) is 19.8. The average Bonchev–Trinajstić information content (AvgIpc) is 3.25. The number of carbonyl (C=O) groups excluding carboxylic acids is 1. The summed E-state index contributed by atoms with van der Waals surface area (Å²) in [7, 11) is 1.64. The van der Waals surface area contributed by atoms with Gasteiger partial charge >= 0.3 is 0 Å². The first-order valence-corrected chi connectivity index (χ1v) is 11.8. The van der Waals surface area contributed by atoms with Crippen molar-refractivity contribution in [1.29, 1.82) is 0 Å². The van der Waals surface area contributed by atoms with Gasteiger partial charge in [0, 0.05) is 23.3 Å². The Morgan fingerprint density at radius 2 is 1.90 bits per heavy atom. The van der Waals surface area contributed by atoms with Gasteiger partial charge in [0.2, 0.25) is 5.91 Å². The molecule has 0 saturated heterocycles. The number of nitrogens with zero attached hydrogens (tertiary/aromatic N) is 3. The number of rotatable bonds is 8. The highest BCUT2D eigenvalue weighted by molar-refractivity contribution is 7.99. The van der Waals surface area contributed by atoms with Gasteiger partial charge < -0.3 is 4.74 Å². The zero-order chi connectivity index (χ0) is 21.6. The lowest BCUT2D eigenvalue weighted by Gasteiger charge is -2.19. The maximum Gasteiger partial charge on any atom is 0.229 e. The number of amides is 1. The second-order valence-electron chi connectivity index (χ2n) is 6.97. The molecular formula is C24H23N3O2S2. The smallest absolute Gasteiger partial charge is 0.229 e. The van der Waals surface area contributed by atoms with E-state index in [4.69, 9.17) is 9.72 Å². The molecule has 0 saturated carbocycles. The average molecular weight is 450 g/mol. The highest BCUT2D eigenvalue weighted by Gasteiger charge is 2.22. The van der Waals surface area contributed by atoms with Crippen molar-refractivity contribution < 1.29 is 9.53 Å². The number of anilines is 1. The lowest BCUT2D eigenvalue weighted by atomic mass is 10.2. The molecule has 2 aromatic heterocycles. The molecule has 1 amide bonds. The third kappa shape index (κ3) is 5.06. The molecule has 158 valence electrons. The van der Waals surface area contributed by atoms with Gasteiger partial charge in [0.1, 0.15) is 11.3 Å². The van der Waals surface area contributed by atoms with E-state index in [9.17, 15) is 4.79 Å². The van der Waals surface area contributed by atoms with Gasteiger partial charge in [-0.2, -0.15) is 0 Å². The third-order valence-corrected chi connectivity index (χ3v) is 7.05. The Morgan fingerprint density at radius 3 is 2.65 bits per heavy atom. The highest BCUT2D eigenvalue weighted by atomic mass is 32.2. The molecule has 2 aromatic carbocycles. The van der Waals surface area contributed by atoms with Crippen molar-refractivity contribution in [3.05, 3.63) is 78.1 Å². The van der Waals surface area contributed by atoms with E-state index >= 15 is 0 Å². The Labute approximate surface area is 190 Å². The Morgan fingerprint density at radius 1 is 1.10 bits per heavy atom. The van der Waals surface area contributed by atoms with E-state index in [1.54, 1.807) is 30.0 Å². The van der Waals surface area contributed by atoms with Gasteiger partial charge in [-0.25, -0.2) is 4.98 Å². The van der Waals surface area contributed by atoms with Gasteiger partial charge in [0.15, 0.2) is 5.13 Å². The van der Waals surface area contributed by atoms with Crippen LogP contribution in [0.2, 0.25) is 0 Å². The zero-order valence-corrected chi connectivity index (χ0v) is 19.1. The molecule has 0 bridgehead atoms. The molecule has 0 aliphatic heterocycles. The summed E-state index contributed by atoms with van der Waals surface area (Å²) in [6.07, 6.45) is 2.16. The number of aromatic nitrogens is 2. The number of methoxy groups -OCH3 is 1. The summed E-state index contributed by atoms with van der Waals surface area (Å²) in [6.45, 7) is 2.43. The van der Waals surface area contributed by atoms with Gasteiger partial charge in [0.25, 0.3) is 0 Å². The van der Waals surface area contributed by atoms with Crippen LogP contribution in [-0.4, -0.2) is 28.7 Å². The van der Waals surface area contributed by atoms with E-state index in [2.05, 4.69) is 17.1 Å². The molecule has 31 heavy (non-hydrogen) atoms. The van der Waals surface area contributed by atoms with Crippen LogP contribution in [0.5, 0.6) is 5.75 Å². The van der Waals surface area contributed by atoms with Crippen LogP contribution in [-0.2, 0) is 11.3 Å². The molecule has 0 spiro atoms. The van der Waals surface area contributed by atoms with Crippen LogP contribution < -0.4 is 9.64 Å². The molecule has 0 unspecified atom stereocenters. The van der Waals surface area contributed by atoms with Gasteiger partial charge in [-0.15, -0.1) is 11.8 Å². The highest BCUT2D eigenvalue weighted by Crippen LogP contribution is 2.37. The van der Waals surface area contributed by atoms with Gasteiger partial charge in [0.05, 0.1) is 24.0 Å². The number of benzene rings is 2. The summed E-state index contributed by atoms with van der Waals surface area (Å²) < 4.78 is 6.53. The predicted molar refractivity (Wildman–Crippen MR) is 128 cm³/mol. The first-order valence-electron chi connectivity index (χ1n) is 9.98. The Bertz CT molecular complexity index is 1160. The number of thioether (sulfide) groups is 1. The Balaban J connectivity index is 1.60. The van der Waals surface area contributed by atoms with Crippen molar-refractivity contribution in [2.45, 2.75) is 24.8 Å².